The van der Waals surface area contributed by atoms with E-state index in [2.05, 4.69) is 0 Å². The fourth-order valence-electron chi connectivity index (χ4n) is 2.81. The lowest BCUT2D eigenvalue weighted by Gasteiger charge is -2.21. The average molecular weight is 833 g/mol. The zero-order chi connectivity index (χ0) is 45.2. The van der Waals surface area contributed by atoms with Gasteiger partial charge in [0.05, 0.1) is 66.1 Å². The van der Waals surface area contributed by atoms with E-state index < -0.39 is 133 Å². The number of aryl methyl sites for hydroxylation is 1. The molecule has 0 unspecified atom stereocenters. The van der Waals surface area contributed by atoms with Gasteiger partial charge in [0.25, 0.3) is 0 Å². The third-order valence-corrected chi connectivity index (χ3v) is 6.59. The summed E-state index contributed by atoms with van der Waals surface area (Å²) < 4.78 is 0. The highest BCUT2D eigenvalue weighted by Gasteiger charge is 2.19. The van der Waals surface area contributed by atoms with Crippen molar-refractivity contribution in [2.45, 2.75) is 100 Å². The zero-order valence-corrected chi connectivity index (χ0v) is 31.7. The first-order valence-electron chi connectivity index (χ1n) is 16.8. The van der Waals surface area contributed by atoms with Crippen molar-refractivity contribution >= 4 is 5.97 Å². The highest BCUT2D eigenvalue weighted by atomic mass is 16.4. The highest BCUT2D eigenvalue weighted by molar-refractivity contribution is 5.67. The van der Waals surface area contributed by atoms with Crippen LogP contribution >= 0.6 is 0 Å². The van der Waals surface area contributed by atoms with Crippen molar-refractivity contribution in [3.05, 3.63) is 29.3 Å². The number of hydrogen-bond acceptors (Lipinski definition) is 22. The van der Waals surface area contributed by atoms with Gasteiger partial charge in [0.1, 0.15) is 66.8 Å². The van der Waals surface area contributed by atoms with Crippen LogP contribution in [0.25, 0.3) is 0 Å². The molecule has 0 aliphatic carbocycles. The summed E-state index contributed by atoms with van der Waals surface area (Å²) in [5, 5.41) is 184. The van der Waals surface area contributed by atoms with Gasteiger partial charge in [-0.1, -0.05) is 32.9 Å². The number of benzene rings is 1. The molecule has 0 radical (unpaired) electrons. The van der Waals surface area contributed by atoms with Crippen molar-refractivity contribution in [3.8, 4) is 5.75 Å². The molecule has 0 amide bonds. The summed E-state index contributed by atoms with van der Waals surface area (Å²) in [6.45, 7) is 0.790. The smallest absolute Gasteiger partial charge is 0.303 e. The van der Waals surface area contributed by atoms with Gasteiger partial charge in [-0.05, 0) is 29.0 Å². The lowest BCUT2D eigenvalue weighted by molar-refractivity contribution is -0.136. The number of rotatable bonds is 18. The van der Waals surface area contributed by atoms with Crippen molar-refractivity contribution in [2.75, 3.05) is 66.1 Å². The van der Waals surface area contributed by atoms with E-state index in [9.17, 15) is 9.90 Å². The molecule has 0 heterocycles. The lowest BCUT2D eigenvalue weighted by Crippen LogP contribution is -2.31. The minimum absolute atomic E-state index is 0.119. The predicted molar refractivity (Wildman–Crippen MR) is 194 cm³/mol. The topological polar surface area (TPSA) is 462 Å². The maximum absolute atomic E-state index is 10.5. The van der Waals surface area contributed by atoms with Gasteiger partial charge >= 0.3 is 5.97 Å². The van der Waals surface area contributed by atoms with E-state index in [1.807, 2.05) is 26.8 Å². The number of aliphatic hydroxyl groups excluding tert-OH is 20. The van der Waals surface area contributed by atoms with Crippen LogP contribution in [0.1, 0.15) is 38.3 Å². The standard InChI is InChI=1S/C13H18O3.5C4H10O4/c1-13(2,3)10-8-9(4-6-11(10)14)5-7-12(15)16;5*5-1-3(7)4(8)2-6/h4,6,8,14H,5,7H2,1-3H3,(H,15,16);5*3-8H,1-2H2/t;5*3-,4+. The van der Waals surface area contributed by atoms with Gasteiger partial charge in [-0.15, -0.1) is 0 Å². The van der Waals surface area contributed by atoms with Gasteiger partial charge in [-0.2, -0.15) is 0 Å². The summed E-state index contributed by atoms with van der Waals surface area (Å²) in [6, 6.07) is 5.30. The summed E-state index contributed by atoms with van der Waals surface area (Å²) in [6.07, 6.45) is -11.6. The van der Waals surface area contributed by atoms with Crippen LogP contribution in [0.15, 0.2) is 18.2 Å². The molecule has 0 spiro atoms. The van der Waals surface area contributed by atoms with Crippen LogP contribution in [-0.2, 0) is 16.6 Å². The van der Waals surface area contributed by atoms with Crippen molar-refractivity contribution in [1.29, 1.82) is 0 Å². The van der Waals surface area contributed by atoms with Crippen molar-refractivity contribution in [3.63, 3.8) is 0 Å². The molecule has 0 aliphatic rings. The van der Waals surface area contributed by atoms with E-state index in [1.54, 1.807) is 12.1 Å². The number of carboxylic acids is 1. The molecule has 1 rings (SSSR count). The number of carbonyl (C=O) groups is 1. The molecule has 22 N–H and O–H groups in total. The molecule has 56 heavy (non-hydrogen) atoms. The molecule has 0 aromatic heterocycles. The average Bonchev–Trinajstić information content (AvgIpc) is 3.20. The van der Waals surface area contributed by atoms with Gasteiger partial charge < -0.3 is 112 Å². The zero-order valence-electron chi connectivity index (χ0n) is 31.7. The van der Waals surface area contributed by atoms with E-state index in [1.165, 1.54) is 0 Å². The molecule has 1 aromatic carbocycles. The lowest BCUT2D eigenvalue weighted by atomic mass is 9.85. The van der Waals surface area contributed by atoms with Crippen LogP contribution in [0.5, 0.6) is 5.75 Å². The van der Waals surface area contributed by atoms with Gasteiger partial charge in [0.15, 0.2) is 0 Å². The second-order valence-corrected chi connectivity index (χ2v) is 12.5. The summed E-state index contributed by atoms with van der Waals surface area (Å²) in [5.41, 5.74) is 1.67. The normalized spacial score (nSPS) is 16.1. The van der Waals surface area contributed by atoms with Crippen molar-refractivity contribution < 1.29 is 117 Å². The molecule has 1 aromatic rings. The molecule has 0 bridgehead atoms. The van der Waals surface area contributed by atoms with Crippen molar-refractivity contribution in [2.24, 2.45) is 0 Å². The Hall–Kier alpha value is -2.31. The van der Waals surface area contributed by atoms with E-state index >= 15 is 0 Å². The molecular formula is C33H68O23. The third-order valence-electron chi connectivity index (χ3n) is 6.59. The Morgan fingerprint density at radius 2 is 0.679 bits per heavy atom. The Morgan fingerprint density at radius 3 is 0.839 bits per heavy atom. The number of aliphatic hydroxyl groups is 20. The first-order valence-corrected chi connectivity index (χ1v) is 16.8. The molecule has 10 atom stereocenters. The number of phenols is 1. The Bertz CT molecular complexity index is 883. The fourth-order valence-corrected chi connectivity index (χ4v) is 2.81. The Morgan fingerprint density at radius 1 is 0.464 bits per heavy atom. The maximum Gasteiger partial charge on any atom is 0.303 e. The van der Waals surface area contributed by atoms with Crippen LogP contribution in [-0.4, -0.2) is 245 Å². The van der Waals surface area contributed by atoms with E-state index in [0.29, 0.717) is 6.42 Å². The Balaban J connectivity index is -0.000000192. The minimum Gasteiger partial charge on any atom is -0.508 e. The van der Waals surface area contributed by atoms with Gasteiger partial charge in [-0.3, -0.25) is 4.79 Å². The quantitative estimate of drug-likeness (QED) is 0.0653. The molecule has 0 aliphatic heterocycles. The predicted octanol–water partition coefficient (Wildman–Crippen LogP) is -8.83. The Kier molecular flexibility index (Phi) is 42.9. The SMILES string of the molecule is CC(C)(C)c1cc(CCC(=O)O)ccc1O.OC[C@@H](O)[C@@H](O)CO.OC[C@@H](O)[C@@H](O)CO.OC[C@@H](O)[C@@H](O)CO.OC[C@@H](O)[C@@H](O)CO.OC[C@@H](O)[C@@H](O)CO. The first kappa shape index (κ1) is 62.9. The monoisotopic (exact) mass is 832 g/mol. The second-order valence-electron chi connectivity index (χ2n) is 12.5. The Labute approximate surface area is 324 Å². The maximum atomic E-state index is 10.5. The molecule has 0 saturated heterocycles. The van der Waals surface area contributed by atoms with Crippen molar-refractivity contribution in [1.82, 2.24) is 0 Å². The number of aliphatic carboxylic acids is 1. The molecular weight excluding hydrogens is 764 g/mol. The van der Waals surface area contributed by atoms with Gasteiger partial charge in [0.2, 0.25) is 0 Å². The molecule has 23 heteroatoms. The highest BCUT2D eigenvalue weighted by Crippen LogP contribution is 2.31. The number of aromatic hydroxyl groups is 1. The fraction of sp³-hybridized carbons (Fsp3) is 0.788. The van der Waals surface area contributed by atoms with Crippen LogP contribution in [0.3, 0.4) is 0 Å². The largest absolute Gasteiger partial charge is 0.508 e. The molecule has 338 valence electrons. The molecule has 0 fully saturated rings. The van der Waals surface area contributed by atoms with E-state index in [0.717, 1.165) is 11.1 Å². The van der Waals surface area contributed by atoms with Crippen LogP contribution in [0, 0.1) is 0 Å². The summed E-state index contributed by atoms with van der Waals surface area (Å²) in [7, 11) is 0. The summed E-state index contributed by atoms with van der Waals surface area (Å²) in [5.74, 6) is -0.531. The number of phenolic OH excluding ortho intramolecular Hbond substituents is 1. The first-order chi connectivity index (χ1) is 25.9. The number of carboxylic acid groups (broad SMARTS) is 1. The van der Waals surface area contributed by atoms with Crippen LogP contribution in [0.4, 0.5) is 0 Å². The third kappa shape index (κ3) is 34.9. The van der Waals surface area contributed by atoms with Crippen LogP contribution in [0.2, 0.25) is 0 Å². The summed E-state index contributed by atoms with van der Waals surface area (Å²) >= 11 is 0. The second kappa shape index (κ2) is 38.2. The van der Waals surface area contributed by atoms with Gasteiger partial charge in [0, 0.05) is 6.42 Å². The van der Waals surface area contributed by atoms with Gasteiger partial charge in [-0.25, -0.2) is 0 Å². The van der Waals surface area contributed by atoms with E-state index in [4.69, 9.17) is 107 Å². The number of hydrogen-bond donors (Lipinski definition) is 22. The van der Waals surface area contributed by atoms with E-state index in [-0.39, 0.29) is 17.6 Å². The minimum atomic E-state index is -1.22. The summed E-state index contributed by atoms with van der Waals surface area (Å²) in [4.78, 5) is 10.5. The molecule has 0 saturated carbocycles. The molecule has 23 nitrogen and oxygen atoms in total. The van der Waals surface area contributed by atoms with Crippen LogP contribution < -0.4 is 0 Å².